The maximum absolute atomic E-state index is 12.8. The lowest BCUT2D eigenvalue weighted by Crippen LogP contribution is -2.30. The summed E-state index contributed by atoms with van der Waals surface area (Å²) in [5.41, 5.74) is 0. The van der Waals surface area contributed by atoms with Gasteiger partial charge < -0.3 is 14.2 Å². The Morgan fingerprint density at radius 1 is 0.296 bits per heavy atom. The van der Waals surface area contributed by atoms with Gasteiger partial charge in [0.25, 0.3) is 0 Å². The van der Waals surface area contributed by atoms with Crippen molar-refractivity contribution in [2.45, 2.75) is 309 Å². The Balaban J connectivity index is 4.05. The molecular formula is C65H114O6. The molecular weight excluding hydrogens is 877 g/mol. The zero-order valence-corrected chi connectivity index (χ0v) is 47.0. The van der Waals surface area contributed by atoms with Crippen LogP contribution in [0.3, 0.4) is 0 Å². The highest BCUT2D eigenvalue weighted by atomic mass is 16.6. The van der Waals surface area contributed by atoms with Gasteiger partial charge >= 0.3 is 17.9 Å². The maximum Gasteiger partial charge on any atom is 0.306 e. The first-order valence-electron chi connectivity index (χ1n) is 30.4. The van der Waals surface area contributed by atoms with Crippen molar-refractivity contribution in [3.05, 3.63) is 72.9 Å². The summed E-state index contributed by atoms with van der Waals surface area (Å²) >= 11 is 0. The van der Waals surface area contributed by atoms with Crippen LogP contribution in [-0.4, -0.2) is 37.2 Å². The minimum absolute atomic E-state index is 0.0739. The zero-order valence-electron chi connectivity index (χ0n) is 47.0. The van der Waals surface area contributed by atoms with Crippen LogP contribution < -0.4 is 0 Å². The third-order valence-electron chi connectivity index (χ3n) is 13.2. The van der Waals surface area contributed by atoms with Gasteiger partial charge in [-0.05, 0) is 70.6 Å². The molecule has 0 bridgehead atoms. The Hall–Kier alpha value is -3.15. The fraction of sp³-hybridized carbons (Fsp3) is 0.769. The maximum atomic E-state index is 12.8. The molecule has 0 heterocycles. The predicted molar refractivity (Wildman–Crippen MR) is 307 cm³/mol. The minimum Gasteiger partial charge on any atom is -0.462 e. The second-order valence-electron chi connectivity index (χ2n) is 20.2. The molecule has 0 amide bonds. The van der Waals surface area contributed by atoms with E-state index in [1.165, 1.54) is 161 Å². The lowest BCUT2D eigenvalue weighted by Gasteiger charge is -2.18. The Labute approximate surface area is 440 Å². The molecule has 6 heteroatoms. The van der Waals surface area contributed by atoms with Gasteiger partial charge in [-0.2, -0.15) is 0 Å². The van der Waals surface area contributed by atoms with Crippen LogP contribution in [-0.2, 0) is 28.6 Å². The number of esters is 3. The number of hydrogen-bond acceptors (Lipinski definition) is 6. The molecule has 1 unspecified atom stereocenters. The van der Waals surface area contributed by atoms with Crippen LogP contribution in [0.2, 0.25) is 0 Å². The molecule has 0 aromatic heterocycles. The first-order chi connectivity index (χ1) is 35.0. The molecule has 0 aromatic carbocycles. The monoisotopic (exact) mass is 991 g/mol. The van der Waals surface area contributed by atoms with Gasteiger partial charge in [0.15, 0.2) is 6.10 Å². The second kappa shape index (κ2) is 59.4. The predicted octanol–water partition coefficient (Wildman–Crippen LogP) is 20.5. The molecule has 0 saturated heterocycles. The van der Waals surface area contributed by atoms with Crippen LogP contribution in [0.15, 0.2) is 72.9 Å². The van der Waals surface area contributed by atoms with Crippen LogP contribution in [0.25, 0.3) is 0 Å². The van der Waals surface area contributed by atoms with E-state index >= 15 is 0 Å². The van der Waals surface area contributed by atoms with Crippen molar-refractivity contribution >= 4 is 17.9 Å². The fourth-order valence-corrected chi connectivity index (χ4v) is 8.68. The molecule has 0 spiro atoms. The van der Waals surface area contributed by atoms with E-state index in [-0.39, 0.29) is 31.1 Å². The van der Waals surface area contributed by atoms with Crippen molar-refractivity contribution in [3.63, 3.8) is 0 Å². The number of rotatable bonds is 55. The molecule has 0 saturated carbocycles. The Morgan fingerprint density at radius 2 is 0.549 bits per heavy atom. The first kappa shape index (κ1) is 67.8. The highest BCUT2D eigenvalue weighted by Crippen LogP contribution is 2.17. The van der Waals surface area contributed by atoms with E-state index in [1.54, 1.807) is 0 Å². The van der Waals surface area contributed by atoms with Crippen molar-refractivity contribution in [3.8, 4) is 0 Å². The van der Waals surface area contributed by atoms with E-state index in [0.29, 0.717) is 19.3 Å². The smallest absolute Gasteiger partial charge is 0.306 e. The molecule has 0 aromatic rings. The average molecular weight is 992 g/mol. The summed E-state index contributed by atoms with van der Waals surface area (Å²) in [4.78, 5) is 37.9. The van der Waals surface area contributed by atoms with E-state index in [4.69, 9.17) is 14.2 Å². The summed E-state index contributed by atoms with van der Waals surface area (Å²) in [6.45, 7) is 6.47. The highest BCUT2D eigenvalue weighted by molar-refractivity contribution is 5.71. The molecule has 0 rings (SSSR count). The third kappa shape index (κ3) is 57.6. The number of ether oxygens (including phenoxy) is 3. The molecule has 0 aliphatic heterocycles. The van der Waals surface area contributed by atoms with Crippen LogP contribution in [0.5, 0.6) is 0 Å². The minimum atomic E-state index is -0.771. The zero-order chi connectivity index (χ0) is 51.4. The fourth-order valence-electron chi connectivity index (χ4n) is 8.68. The van der Waals surface area contributed by atoms with Gasteiger partial charge in [0.05, 0.1) is 0 Å². The molecule has 0 fully saturated rings. The van der Waals surface area contributed by atoms with Crippen molar-refractivity contribution in [1.82, 2.24) is 0 Å². The van der Waals surface area contributed by atoms with Gasteiger partial charge in [-0.25, -0.2) is 0 Å². The van der Waals surface area contributed by atoms with E-state index < -0.39 is 6.10 Å². The average Bonchev–Trinajstić information content (AvgIpc) is 3.37. The van der Waals surface area contributed by atoms with Crippen molar-refractivity contribution in [2.24, 2.45) is 0 Å². The lowest BCUT2D eigenvalue weighted by molar-refractivity contribution is -0.167. The topological polar surface area (TPSA) is 78.9 Å². The Bertz CT molecular complexity index is 1320. The molecule has 0 radical (unpaired) electrons. The molecule has 0 N–H and O–H groups in total. The lowest BCUT2D eigenvalue weighted by atomic mass is 10.0. The van der Waals surface area contributed by atoms with Gasteiger partial charge in [-0.3, -0.25) is 14.4 Å². The Morgan fingerprint density at radius 3 is 0.859 bits per heavy atom. The molecule has 71 heavy (non-hydrogen) atoms. The summed E-state index contributed by atoms with van der Waals surface area (Å²) in [6.07, 6.45) is 76.6. The normalized spacial score (nSPS) is 12.5. The van der Waals surface area contributed by atoms with Gasteiger partial charge in [-0.15, -0.1) is 0 Å². The molecule has 6 nitrogen and oxygen atoms in total. The van der Waals surface area contributed by atoms with Crippen LogP contribution >= 0.6 is 0 Å². The van der Waals surface area contributed by atoms with Crippen LogP contribution in [0.4, 0.5) is 0 Å². The number of carbonyl (C=O) groups is 3. The van der Waals surface area contributed by atoms with E-state index in [9.17, 15) is 14.4 Å². The van der Waals surface area contributed by atoms with E-state index in [0.717, 1.165) is 103 Å². The van der Waals surface area contributed by atoms with Gasteiger partial charge in [0.2, 0.25) is 0 Å². The number of carbonyl (C=O) groups excluding carboxylic acids is 3. The van der Waals surface area contributed by atoms with Gasteiger partial charge in [-0.1, -0.05) is 286 Å². The summed E-state index contributed by atoms with van der Waals surface area (Å²) in [6, 6.07) is 0. The van der Waals surface area contributed by atoms with E-state index in [1.807, 2.05) is 0 Å². The van der Waals surface area contributed by atoms with E-state index in [2.05, 4.69) is 93.7 Å². The van der Waals surface area contributed by atoms with Crippen LogP contribution in [0, 0.1) is 0 Å². The molecule has 0 aliphatic rings. The van der Waals surface area contributed by atoms with Crippen LogP contribution in [0.1, 0.15) is 303 Å². The summed E-state index contributed by atoms with van der Waals surface area (Å²) in [5, 5.41) is 0. The standard InChI is InChI=1S/C65H114O6/c1-4-7-10-13-15-17-19-21-23-25-27-28-29-30-31-32-33-34-35-36-38-39-41-43-45-47-49-52-55-58-64(67)70-61-62(60-69-63(66)57-54-51-12-9-6-3)71-65(68)59-56-53-50-48-46-44-42-40-37-26-24-22-20-18-16-14-11-8-5-2/h7,10,15,17,21,23,27-28,30-31,33-34,62H,4-6,8-9,11-14,16,18-20,22,24-26,29,32,35-61H2,1-3H3/b10-7-,17-15-,23-21-,28-27-,31-30-,34-33-. The largest absolute Gasteiger partial charge is 0.462 e. The Kier molecular flexibility index (Phi) is 56.8. The quantitative estimate of drug-likeness (QED) is 0.0261. The second-order valence-corrected chi connectivity index (χ2v) is 20.2. The molecule has 410 valence electrons. The van der Waals surface area contributed by atoms with Crippen molar-refractivity contribution < 1.29 is 28.6 Å². The SMILES string of the molecule is CC/C=C\C/C=C\C/C=C\C/C=C\C/C=C\C/C=C\CCCCCCCCCCCCC(=O)OCC(COC(=O)CCCCCCC)OC(=O)CCCCCCCCCCCCCCCCCCCCC. The van der Waals surface area contributed by atoms with Gasteiger partial charge in [0, 0.05) is 19.3 Å². The summed E-state index contributed by atoms with van der Waals surface area (Å²) in [7, 11) is 0. The van der Waals surface area contributed by atoms with Crippen molar-refractivity contribution in [2.75, 3.05) is 13.2 Å². The van der Waals surface area contributed by atoms with Crippen molar-refractivity contribution in [1.29, 1.82) is 0 Å². The van der Waals surface area contributed by atoms with Gasteiger partial charge in [0.1, 0.15) is 13.2 Å². The third-order valence-corrected chi connectivity index (χ3v) is 13.2. The summed E-state index contributed by atoms with van der Waals surface area (Å²) < 4.78 is 16.8. The molecule has 1 atom stereocenters. The number of hydrogen-bond donors (Lipinski definition) is 0. The molecule has 0 aliphatic carbocycles. The summed E-state index contributed by atoms with van der Waals surface area (Å²) in [5.74, 6) is -0.879. The number of allylic oxidation sites excluding steroid dienone is 12. The first-order valence-corrected chi connectivity index (χ1v) is 30.4. The highest BCUT2D eigenvalue weighted by Gasteiger charge is 2.19. The number of unbranched alkanes of at least 4 members (excludes halogenated alkanes) is 32.